The van der Waals surface area contributed by atoms with Gasteiger partial charge in [-0.1, -0.05) is 41.9 Å². The second-order valence-corrected chi connectivity index (χ2v) is 20.7. The Labute approximate surface area is 402 Å². The number of sulfonamides is 1. The monoisotopic (exact) mass is 1010 g/mol. The first kappa shape index (κ1) is 50.0. The van der Waals surface area contributed by atoms with Gasteiger partial charge in [-0.2, -0.15) is 0 Å². The fourth-order valence-electron chi connectivity index (χ4n) is 8.26. The fourth-order valence-corrected chi connectivity index (χ4v) is 10.8. The number of phosphoric acid groups is 1. The quantitative estimate of drug-likeness (QED) is 0.0221. The van der Waals surface area contributed by atoms with Gasteiger partial charge in [0.1, 0.15) is 11.5 Å². The SMILES string of the molecule is Cc1c(C(=O)O)c(-c2cc(F)cc(N3CCN(c4ccc(NS(=O)(=O)c5ccc(NC(CCOP(=O)(O)O)CSc6ccccc6)c([N+](=O)[O-])c5)cc4)CC3)c2)c(-c2ccc(Cl)cc2)n1C(C)C. The van der Waals surface area contributed by atoms with Gasteiger partial charge in [-0.15, -0.1) is 11.8 Å². The highest BCUT2D eigenvalue weighted by Crippen LogP contribution is 2.43. The van der Waals surface area contributed by atoms with Gasteiger partial charge >= 0.3 is 13.8 Å². The minimum atomic E-state index is -4.76. The van der Waals surface area contributed by atoms with Crippen molar-refractivity contribution in [3.63, 3.8) is 0 Å². The minimum absolute atomic E-state index is 0.0121. The van der Waals surface area contributed by atoms with Crippen LogP contribution in [0.4, 0.5) is 32.8 Å². The number of halogens is 2. The van der Waals surface area contributed by atoms with E-state index in [-0.39, 0.29) is 40.9 Å². The van der Waals surface area contributed by atoms with Crippen LogP contribution in [0.3, 0.4) is 0 Å². The summed E-state index contributed by atoms with van der Waals surface area (Å²) in [6, 6.07) is 30.5. The summed E-state index contributed by atoms with van der Waals surface area (Å²) >= 11 is 7.63. The predicted octanol–water partition coefficient (Wildman–Crippen LogP) is 10.3. The average molecular weight is 1010 g/mol. The van der Waals surface area contributed by atoms with Gasteiger partial charge in [0.15, 0.2) is 0 Å². The Hall–Kier alpha value is -5.92. The van der Waals surface area contributed by atoms with Crippen molar-refractivity contribution in [2.75, 3.05) is 58.4 Å². The van der Waals surface area contributed by atoms with E-state index in [1.165, 1.54) is 36.0 Å². The van der Waals surface area contributed by atoms with Crippen LogP contribution in [-0.4, -0.2) is 83.4 Å². The van der Waals surface area contributed by atoms with Crippen molar-refractivity contribution in [3.05, 3.63) is 147 Å². The molecular weight excluding hydrogens is 958 g/mol. The van der Waals surface area contributed by atoms with Gasteiger partial charge < -0.3 is 34.6 Å². The molecule has 16 nitrogen and oxygen atoms in total. The summed E-state index contributed by atoms with van der Waals surface area (Å²) in [5, 5.41) is 26.3. The molecule has 6 aromatic rings. The summed E-state index contributed by atoms with van der Waals surface area (Å²) in [5.41, 5.74) is 3.98. The normalized spacial score (nSPS) is 13.7. The Balaban J connectivity index is 1.04. The number of nitro benzene ring substituents is 1. The van der Waals surface area contributed by atoms with Crippen molar-refractivity contribution in [3.8, 4) is 22.4 Å². The van der Waals surface area contributed by atoms with Crippen LogP contribution in [0.25, 0.3) is 22.4 Å². The van der Waals surface area contributed by atoms with E-state index >= 15 is 4.39 Å². The minimum Gasteiger partial charge on any atom is -0.478 e. The zero-order chi connectivity index (χ0) is 48.9. The van der Waals surface area contributed by atoms with E-state index in [1.54, 1.807) is 43.3 Å². The summed E-state index contributed by atoms with van der Waals surface area (Å²) < 4.78 is 63.1. The third kappa shape index (κ3) is 12.0. The van der Waals surface area contributed by atoms with Gasteiger partial charge in [0.05, 0.1) is 27.7 Å². The van der Waals surface area contributed by atoms with E-state index in [2.05, 4.69) is 19.5 Å². The number of hydrogen-bond acceptors (Lipinski definition) is 11. The first-order chi connectivity index (χ1) is 32.3. The lowest BCUT2D eigenvalue weighted by Gasteiger charge is -2.37. The highest BCUT2D eigenvalue weighted by Gasteiger charge is 2.30. The number of carboxylic acids is 1. The Bertz CT molecular complexity index is 2950. The average Bonchev–Trinajstić information content (AvgIpc) is 3.61. The number of rotatable bonds is 19. The highest BCUT2D eigenvalue weighted by molar-refractivity contribution is 7.99. The van der Waals surface area contributed by atoms with E-state index in [1.807, 2.05) is 71.8 Å². The largest absolute Gasteiger partial charge is 0.478 e. The summed E-state index contributed by atoms with van der Waals surface area (Å²) in [7, 11) is -9.07. The molecule has 2 heterocycles. The zero-order valence-corrected chi connectivity index (χ0v) is 40.4. The van der Waals surface area contributed by atoms with Crippen LogP contribution < -0.4 is 19.8 Å². The molecule has 5 N–H and O–H groups in total. The second kappa shape index (κ2) is 21.2. The molecule has 358 valence electrons. The van der Waals surface area contributed by atoms with Crippen molar-refractivity contribution >= 4 is 75.6 Å². The lowest BCUT2D eigenvalue weighted by atomic mass is 9.96. The van der Waals surface area contributed by atoms with Crippen molar-refractivity contribution in [1.82, 2.24) is 4.57 Å². The highest BCUT2D eigenvalue weighted by atomic mass is 35.5. The molecule has 1 aliphatic rings. The Morgan fingerprint density at radius 2 is 1.56 bits per heavy atom. The number of anilines is 4. The molecule has 0 bridgehead atoms. The smallest absolute Gasteiger partial charge is 0.469 e. The van der Waals surface area contributed by atoms with E-state index in [9.17, 15) is 33.0 Å². The third-order valence-corrected chi connectivity index (χ3v) is 14.7. The molecule has 68 heavy (non-hydrogen) atoms. The van der Waals surface area contributed by atoms with E-state index < -0.39 is 46.3 Å². The first-order valence-electron chi connectivity index (χ1n) is 21.4. The molecular formula is C47H49ClFN6O10PS2. The van der Waals surface area contributed by atoms with Crippen molar-refractivity contribution in [1.29, 1.82) is 0 Å². The number of aromatic nitrogens is 1. The van der Waals surface area contributed by atoms with Crippen LogP contribution in [0.1, 0.15) is 42.4 Å². The van der Waals surface area contributed by atoms with Crippen LogP contribution >= 0.6 is 31.2 Å². The van der Waals surface area contributed by atoms with Crippen LogP contribution in [0.15, 0.2) is 125 Å². The maximum atomic E-state index is 15.6. The predicted molar refractivity (Wildman–Crippen MR) is 264 cm³/mol. The van der Waals surface area contributed by atoms with Crippen LogP contribution in [-0.2, 0) is 19.1 Å². The Kier molecular flexibility index (Phi) is 15.5. The molecule has 0 amide bonds. The topological polar surface area (TPSA) is 217 Å². The van der Waals surface area contributed by atoms with Gasteiger partial charge in [0, 0.05) is 88.3 Å². The molecule has 0 radical (unpaired) electrons. The number of benzene rings is 5. The first-order valence-corrected chi connectivity index (χ1v) is 25.8. The summed E-state index contributed by atoms with van der Waals surface area (Å²) in [6.45, 7) is 7.40. The van der Waals surface area contributed by atoms with Gasteiger partial charge in [-0.05, 0) is 117 Å². The molecule has 1 aliphatic heterocycles. The number of carbonyl (C=O) groups is 1. The Morgan fingerprint density at radius 1 is 0.912 bits per heavy atom. The molecule has 21 heteroatoms. The molecule has 1 aromatic heterocycles. The van der Waals surface area contributed by atoms with Crippen LogP contribution in [0.2, 0.25) is 5.02 Å². The molecule has 0 aliphatic carbocycles. The number of hydrogen-bond donors (Lipinski definition) is 5. The Morgan fingerprint density at radius 3 is 2.16 bits per heavy atom. The number of piperazine rings is 1. The maximum Gasteiger partial charge on any atom is 0.469 e. The van der Waals surface area contributed by atoms with E-state index in [4.69, 9.17) is 21.4 Å². The molecule has 0 spiro atoms. The molecule has 7 rings (SSSR count). The second-order valence-electron chi connectivity index (χ2n) is 16.3. The summed E-state index contributed by atoms with van der Waals surface area (Å²) in [6.07, 6.45) is 0.0708. The number of thioether (sulfide) groups is 1. The molecule has 1 atom stereocenters. The number of nitrogens with zero attached hydrogens (tertiary/aromatic N) is 4. The summed E-state index contributed by atoms with van der Waals surface area (Å²) in [4.78, 5) is 47.4. The van der Waals surface area contributed by atoms with Crippen molar-refractivity contribution in [2.45, 2.75) is 49.1 Å². The third-order valence-electron chi connectivity index (χ3n) is 11.4. The number of nitrogens with one attached hydrogen (secondary N) is 2. The zero-order valence-electron chi connectivity index (χ0n) is 37.1. The summed E-state index contributed by atoms with van der Waals surface area (Å²) in [5.74, 6) is -1.30. The number of phosphoric ester groups is 1. The fraction of sp³-hybridized carbons (Fsp3) is 0.255. The molecule has 5 aromatic carbocycles. The van der Waals surface area contributed by atoms with E-state index in [0.717, 1.165) is 22.2 Å². The lowest BCUT2D eigenvalue weighted by Crippen LogP contribution is -2.46. The van der Waals surface area contributed by atoms with Crippen molar-refractivity contribution in [2.24, 2.45) is 0 Å². The molecule has 1 fully saturated rings. The van der Waals surface area contributed by atoms with Gasteiger partial charge in [-0.25, -0.2) is 22.2 Å². The van der Waals surface area contributed by atoms with Crippen LogP contribution in [0.5, 0.6) is 0 Å². The number of aromatic carboxylic acids is 1. The van der Waals surface area contributed by atoms with Gasteiger partial charge in [0.25, 0.3) is 15.7 Å². The number of nitro groups is 1. The van der Waals surface area contributed by atoms with Gasteiger partial charge in [-0.3, -0.25) is 19.4 Å². The van der Waals surface area contributed by atoms with Crippen LogP contribution in [0, 0.1) is 22.9 Å². The maximum absolute atomic E-state index is 15.6. The standard InChI is InChI=1S/C47H49ClFN6O10PS2/c1-30(2)54-31(3)44(47(56)57)45(46(54)32-9-11-34(48)12-10-32)33-25-35(49)27-39(26-33)53-22-20-52(21-23-53)38-15-13-36(14-16-38)51-68(63,64)41-17-18-42(43(28-41)55(58)59)50-37(19-24-65-66(60,61)62)29-67-40-7-5-4-6-8-40/h4-18,25-28,30,37,50-51H,19-24,29H2,1-3H3,(H,56,57)(H2,60,61,62). The van der Waals surface area contributed by atoms with E-state index in [0.29, 0.717) is 65.2 Å². The van der Waals surface area contributed by atoms with Gasteiger partial charge in [0.2, 0.25) is 0 Å². The molecule has 1 unspecified atom stereocenters. The lowest BCUT2D eigenvalue weighted by molar-refractivity contribution is -0.384. The van der Waals surface area contributed by atoms with Crippen molar-refractivity contribution < 1.29 is 46.5 Å². The number of carboxylic acid groups (broad SMARTS) is 1. The molecule has 1 saturated heterocycles. The molecule has 0 saturated carbocycles.